The molecule has 1 amide bonds. The van der Waals surface area contributed by atoms with Crippen molar-refractivity contribution in [1.29, 1.82) is 0 Å². The van der Waals surface area contributed by atoms with Gasteiger partial charge in [-0.2, -0.15) is 4.31 Å². The first-order valence-electron chi connectivity index (χ1n) is 8.93. The molecular formula is C18H27N3O3S. The van der Waals surface area contributed by atoms with Gasteiger partial charge in [-0.1, -0.05) is 6.07 Å². The summed E-state index contributed by atoms with van der Waals surface area (Å²) in [4.78, 5) is 13.7. The summed E-state index contributed by atoms with van der Waals surface area (Å²) in [6.07, 6.45) is 4.31. The third kappa shape index (κ3) is 4.40. The van der Waals surface area contributed by atoms with Gasteiger partial charge in [-0.25, -0.2) is 8.42 Å². The Morgan fingerprint density at radius 3 is 2.48 bits per heavy atom. The molecular weight excluding hydrogens is 338 g/mol. The summed E-state index contributed by atoms with van der Waals surface area (Å²) in [5.74, 6) is 0.638. The largest absolute Gasteiger partial charge is 0.345 e. The highest BCUT2D eigenvalue weighted by Gasteiger charge is 2.30. The van der Waals surface area contributed by atoms with Gasteiger partial charge in [-0.3, -0.25) is 4.79 Å². The van der Waals surface area contributed by atoms with Crippen LogP contribution in [0.2, 0.25) is 0 Å². The smallest absolute Gasteiger partial charge is 0.253 e. The summed E-state index contributed by atoms with van der Waals surface area (Å²) < 4.78 is 27.3. The van der Waals surface area contributed by atoms with E-state index in [1.54, 1.807) is 36.6 Å². The van der Waals surface area contributed by atoms with Crippen LogP contribution in [0, 0.1) is 5.92 Å². The van der Waals surface area contributed by atoms with Crippen LogP contribution in [0.5, 0.6) is 0 Å². The summed E-state index contributed by atoms with van der Waals surface area (Å²) >= 11 is 0. The second-order valence-electron chi connectivity index (χ2n) is 7.26. The van der Waals surface area contributed by atoms with E-state index in [1.165, 1.54) is 23.8 Å². The Balaban J connectivity index is 1.65. The summed E-state index contributed by atoms with van der Waals surface area (Å²) in [5.41, 5.74) is 0.395. The van der Waals surface area contributed by atoms with Gasteiger partial charge in [0.1, 0.15) is 0 Å². The normalized spacial score (nSPS) is 19.8. The molecule has 25 heavy (non-hydrogen) atoms. The average Bonchev–Trinajstić information content (AvgIpc) is 3.44. The van der Waals surface area contributed by atoms with E-state index in [9.17, 15) is 13.2 Å². The second-order valence-corrected chi connectivity index (χ2v) is 9.20. The van der Waals surface area contributed by atoms with E-state index in [0.717, 1.165) is 25.3 Å². The minimum atomic E-state index is -3.55. The number of carbonyl (C=O) groups is 1. The van der Waals surface area contributed by atoms with Crippen molar-refractivity contribution >= 4 is 15.9 Å². The number of rotatable bonds is 6. The zero-order chi connectivity index (χ0) is 18.0. The maximum Gasteiger partial charge on any atom is 0.253 e. The highest BCUT2D eigenvalue weighted by Crippen LogP contribution is 2.28. The number of carbonyl (C=O) groups excluding carboxylic acids is 1. The molecule has 2 aliphatic rings. The van der Waals surface area contributed by atoms with Gasteiger partial charge < -0.3 is 10.2 Å². The summed E-state index contributed by atoms with van der Waals surface area (Å²) in [7, 11) is -0.240. The van der Waals surface area contributed by atoms with Crippen molar-refractivity contribution in [3.8, 4) is 0 Å². The highest BCUT2D eigenvalue weighted by molar-refractivity contribution is 7.89. The van der Waals surface area contributed by atoms with Crippen LogP contribution in [0.4, 0.5) is 0 Å². The summed E-state index contributed by atoms with van der Waals surface area (Å²) in [5, 5.41) is 3.56. The SMILES string of the molecule is CN(C)C(=O)c1cccc(S(=O)(=O)N2CCC(NCC3CC3)CC2)c1. The first-order valence-corrected chi connectivity index (χ1v) is 10.4. The third-order valence-electron chi connectivity index (χ3n) is 4.97. The molecule has 1 heterocycles. The molecule has 1 saturated carbocycles. The minimum absolute atomic E-state index is 0.194. The highest BCUT2D eigenvalue weighted by atomic mass is 32.2. The molecule has 0 bridgehead atoms. The number of nitrogens with one attached hydrogen (secondary N) is 1. The molecule has 3 rings (SSSR count). The predicted molar refractivity (Wildman–Crippen MR) is 97.0 cm³/mol. The van der Waals surface area contributed by atoms with E-state index in [4.69, 9.17) is 0 Å². The molecule has 0 unspecified atom stereocenters. The standard InChI is InChI=1S/C18H27N3O3S/c1-20(2)18(22)15-4-3-5-17(12-15)25(23,24)21-10-8-16(9-11-21)19-13-14-6-7-14/h3-5,12,14,16,19H,6-11,13H2,1-2H3. The Labute approximate surface area is 150 Å². The molecule has 0 radical (unpaired) electrons. The number of sulfonamides is 1. The van der Waals surface area contributed by atoms with E-state index in [0.29, 0.717) is 24.7 Å². The van der Waals surface area contributed by atoms with Gasteiger partial charge in [0.15, 0.2) is 0 Å². The van der Waals surface area contributed by atoms with Crippen molar-refractivity contribution in [2.75, 3.05) is 33.7 Å². The number of amides is 1. The molecule has 1 aliphatic heterocycles. The third-order valence-corrected chi connectivity index (χ3v) is 6.87. The Bertz CT molecular complexity index is 721. The first-order chi connectivity index (χ1) is 11.9. The Morgan fingerprint density at radius 2 is 1.88 bits per heavy atom. The van der Waals surface area contributed by atoms with Crippen LogP contribution in [0.15, 0.2) is 29.2 Å². The van der Waals surface area contributed by atoms with Gasteiger partial charge in [0.2, 0.25) is 10.0 Å². The van der Waals surface area contributed by atoms with Gasteiger partial charge in [-0.05, 0) is 56.3 Å². The van der Waals surface area contributed by atoms with E-state index < -0.39 is 10.0 Å². The van der Waals surface area contributed by atoms with Crippen molar-refractivity contribution in [3.05, 3.63) is 29.8 Å². The van der Waals surface area contributed by atoms with E-state index in [-0.39, 0.29) is 10.8 Å². The van der Waals surface area contributed by atoms with Crippen LogP contribution < -0.4 is 5.32 Å². The molecule has 138 valence electrons. The lowest BCUT2D eigenvalue weighted by Crippen LogP contribution is -2.45. The molecule has 1 N–H and O–H groups in total. The zero-order valence-corrected chi connectivity index (χ0v) is 15.8. The maximum absolute atomic E-state index is 12.9. The maximum atomic E-state index is 12.9. The van der Waals surface area contributed by atoms with Gasteiger partial charge in [-0.15, -0.1) is 0 Å². The van der Waals surface area contributed by atoms with Crippen LogP contribution in [-0.4, -0.2) is 63.3 Å². The minimum Gasteiger partial charge on any atom is -0.345 e. The van der Waals surface area contributed by atoms with E-state index >= 15 is 0 Å². The van der Waals surface area contributed by atoms with Crippen molar-refractivity contribution in [2.45, 2.75) is 36.6 Å². The van der Waals surface area contributed by atoms with Gasteiger partial charge in [0.25, 0.3) is 5.91 Å². The molecule has 1 aliphatic carbocycles. The molecule has 2 fully saturated rings. The topological polar surface area (TPSA) is 69.7 Å². The molecule has 0 spiro atoms. The monoisotopic (exact) mass is 365 g/mol. The quantitative estimate of drug-likeness (QED) is 0.830. The molecule has 7 heteroatoms. The zero-order valence-electron chi connectivity index (χ0n) is 14.9. The lowest BCUT2D eigenvalue weighted by Gasteiger charge is -2.31. The molecule has 1 aromatic carbocycles. The Kier molecular flexibility index (Phi) is 5.46. The van der Waals surface area contributed by atoms with Gasteiger partial charge >= 0.3 is 0 Å². The fraction of sp³-hybridized carbons (Fsp3) is 0.611. The van der Waals surface area contributed by atoms with Crippen molar-refractivity contribution in [2.24, 2.45) is 5.92 Å². The van der Waals surface area contributed by atoms with E-state index in [2.05, 4.69) is 5.32 Å². The molecule has 0 atom stereocenters. The average molecular weight is 365 g/mol. The lowest BCUT2D eigenvalue weighted by atomic mass is 10.1. The Hall–Kier alpha value is -1.44. The predicted octanol–water partition coefficient (Wildman–Crippen LogP) is 1.54. The molecule has 0 aromatic heterocycles. The van der Waals surface area contributed by atoms with Gasteiger partial charge in [0.05, 0.1) is 4.90 Å². The van der Waals surface area contributed by atoms with E-state index in [1.807, 2.05) is 0 Å². The fourth-order valence-electron chi connectivity index (χ4n) is 3.15. The van der Waals surface area contributed by atoms with Crippen molar-refractivity contribution in [1.82, 2.24) is 14.5 Å². The number of hydrogen-bond acceptors (Lipinski definition) is 4. The van der Waals surface area contributed by atoms with Crippen LogP contribution in [0.1, 0.15) is 36.0 Å². The van der Waals surface area contributed by atoms with Crippen LogP contribution in [0.3, 0.4) is 0 Å². The number of piperidine rings is 1. The second kappa shape index (κ2) is 7.43. The molecule has 1 aromatic rings. The van der Waals surface area contributed by atoms with Crippen LogP contribution in [0.25, 0.3) is 0 Å². The Morgan fingerprint density at radius 1 is 1.20 bits per heavy atom. The molecule has 1 saturated heterocycles. The number of nitrogens with zero attached hydrogens (tertiary/aromatic N) is 2. The molecule has 6 nitrogen and oxygen atoms in total. The first kappa shape index (κ1) is 18.4. The van der Waals surface area contributed by atoms with Crippen LogP contribution in [-0.2, 0) is 10.0 Å². The summed E-state index contributed by atoms with van der Waals surface area (Å²) in [6.45, 7) is 2.11. The van der Waals surface area contributed by atoms with Crippen molar-refractivity contribution in [3.63, 3.8) is 0 Å². The fourth-order valence-corrected chi connectivity index (χ4v) is 4.67. The van der Waals surface area contributed by atoms with Crippen molar-refractivity contribution < 1.29 is 13.2 Å². The number of hydrogen-bond donors (Lipinski definition) is 1. The van der Waals surface area contributed by atoms with Crippen LogP contribution >= 0.6 is 0 Å². The number of benzene rings is 1. The lowest BCUT2D eigenvalue weighted by molar-refractivity contribution is 0.0827. The van der Waals surface area contributed by atoms with Gasteiger partial charge in [0, 0.05) is 38.8 Å². The summed E-state index contributed by atoms with van der Waals surface area (Å²) in [6, 6.07) is 6.74.